The second-order valence-electron chi connectivity index (χ2n) is 7.76. The zero-order valence-corrected chi connectivity index (χ0v) is 18.3. The van der Waals surface area contributed by atoms with Crippen molar-refractivity contribution in [2.45, 2.75) is 94.8 Å². The maximum atomic E-state index is 11.7. The summed E-state index contributed by atoms with van der Waals surface area (Å²) in [4.78, 5) is 16.3. The molecule has 2 aromatic rings. The molecular weight excluding hydrogens is 366 g/mol. The predicted octanol–water partition coefficient (Wildman–Crippen LogP) is 7.40. The molecular formula is C24H35NO2S. The lowest BCUT2D eigenvalue weighted by Crippen LogP contribution is -2.16. The second-order valence-corrected chi connectivity index (χ2v) is 8.98. The van der Waals surface area contributed by atoms with E-state index in [9.17, 15) is 9.90 Å². The first-order chi connectivity index (χ1) is 13.6. The van der Waals surface area contributed by atoms with Gasteiger partial charge in [0.1, 0.15) is 5.25 Å². The molecule has 1 heterocycles. The fourth-order valence-electron chi connectivity index (χ4n) is 3.49. The summed E-state index contributed by atoms with van der Waals surface area (Å²) in [6, 6.07) is 10.1. The zero-order chi connectivity index (χ0) is 20.2. The van der Waals surface area contributed by atoms with E-state index in [0.717, 1.165) is 28.8 Å². The van der Waals surface area contributed by atoms with Crippen LogP contribution in [-0.2, 0) is 4.79 Å². The van der Waals surface area contributed by atoms with Gasteiger partial charge in [-0.25, -0.2) is 4.98 Å². The average molecular weight is 402 g/mol. The van der Waals surface area contributed by atoms with E-state index in [1.807, 2.05) is 24.3 Å². The summed E-state index contributed by atoms with van der Waals surface area (Å²) in [5.74, 6) is -0.730. The number of fused-ring (bicyclic) bond motifs is 1. The highest BCUT2D eigenvalue weighted by Gasteiger charge is 2.19. The van der Waals surface area contributed by atoms with Gasteiger partial charge in [0.05, 0.1) is 10.5 Å². The number of hydrogen-bond donors (Lipinski definition) is 1. The van der Waals surface area contributed by atoms with Crippen LogP contribution in [0.1, 0.15) is 83.1 Å². The highest BCUT2D eigenvalue weighted by atomic mass is 32.2. The Hall–Kier alpha value is -1.55. The molecule has 2 rings (SSSR count). The summed E-state index contributed by atoms with van der Waals surface area (Å²) in [6.07, 6.45) is 13.4. The lowest BCUT2D eigenvalue weighted by Gasteiger charge is -2.12. The fraction of sp³-hybridized carbons (Fsp3) is 0.583. The van der Waals surface area contributed by atoms with Crippen molar-refractivity contribution in [3.8, 4) is 0 Å². The van der Waals surface area contributed by atoms with Gasteiger partial charge in [0, 0.05) is 5.39 Å². The van der Waals surface area contributed by atoms with Crippen LogP contribution < -0.4 is 0 Å². The average Bonchev–Trinajstić information content (AvgIpc) is 2.68. The van der Waals surface area contributed by atoms with Gasteiger partial charge in [-0.1, -0.05) is 101 Å². The van der Waals surface area contributed by atoms with Crippen LogP contribution in [-0.4, -0.2) is 21.3 Å². The van der Waals surface area contributed by atoms with Crippen LogP contribution >= 0.6 is 11.8 Å². The van der Waals surface area contributed by atoms with Gasteiger partial charge in [0.25, 0.3) is 0 Å². The highest BCUT2D eigenvalue weighted by molar-refractivity contribution is 8.00. The number of aliphatic carboxylic acids is 1. The van der Waals surface area contributed by atoms with Gasteiger partial charge in [-0.2, -0.15) is 0 Å². The molecule has 154 valence electrons. The van der Waals surface area contributed by atoms with Crippen molar-refractivity contribution < 1.29 is 9.90 Å². The molecule has 0 bridgehead atoms. The van der Waals surface area contributed by atoms with Crippen molar-refractivity contribution in [2.24, 2.45) is 0 Å². The Morgan fingerprint density at radius 1 is 0.964 bits per heavy atom. The van der Waals surface area contributed by atoms with Gasteiger partial charge in [-0.3, -0.25) is 4.79 Å². The van der Waals surface area contributed by atoms with E-state index >= 15 is 0 Å². The highest BCUT2D eigenvalue weighted by Crippen LogP contribution is 2.28. The van der Waals surface area contributed by atoms with Crippen LogP contribution in [0.5, 0.6) is 0 Å². The number of hydrogen-bond acceptors (Lipinski definition) is 3. The molecule has 0 fully saturated rings. The van der Waals surface area contributed by atoms with E-state index < -0.39 is 11.2 Å². The molecule has 1 atom stereocenters. The topological polar surface area (TPSA) is 50.2 Å². The van der Waals surface area contributed by atoms with Crippen molar-refractivity contribution in [3.63, 3.8) is 0 Å². The third kappa shape index (κ3) is 8.22. The van der Waals surface area contributed by atoms with E-state index in [-0.39, 0.29) is 0 Å². The minimum atomic E-state index is -0.730. The van der Waals surface area contributed by atoms with Crippen LogP contribution in [0.25, 0.3) is 10.9 Å². The Bertz CT molecular complexity index is 732. The van der Waals surface area contributed by atoms with E-state index in [0.29, 0.717) is 6.42 Å². The number of carboxylic acids is 1. The summed E-state index contributed by atoms with van der Waals surface area (Å²) in [6.45, 7) is 4.31. The van der Waals surface area contributed by atoms with Crippen molar-refractivity contribution in [1.82, 2.24) is 4.98 Å². The summed E-state index contributed by atoms with van der Waals surface area (Å²) in [5.41, 5.74) is 2.14. The number of benzene rings is 1. The summed E-state index contributed by atoms with van der Waals surface area (Å²) >= 11 is 1.38. The molecule has 1 aromatic heterocycles. The van der Waals surface area contributed by atoms with Crippen molar-refractivity contribution in [2.75, 3.05) is 0 Å². The number of nitrogens with zero attached hydrogens (tertiary/aromatic N) is 1. The molecule has 0 spiro atoms. The van der Waals surface area contributed by atoms with Crippen molar-refractivity contribution >= 4 is 28.6 Å². The molecule has 0 aliphatic carbocycles. The van der Waals surface area contributed by atoms with E-state index in [1.165, 1.54) is 68.7 Å². The second kappa shape index (κ2) is 12.8. The molecule has 28 heavy (non-hydrogen) atoms. The van der Waals surface area contributed by atoms with Gasteiger partial charge in [-0.15, -0.1) is 0 Å². The third-order valence-electron chi connectivity index (χ3n) is 5.18. The lowest BCUT2D eigenvalue weighted by atomic mass is 10.1. The number of unbranched alkanes of at least 4 members (excludes halogenated alkanes) is 9. The number of pyridine rings is 1. The van der Waals surface area contributed by atoms with Crippen LogP contribution in [0.4, 0.5) is 0 Å². The maximum absolute atomic E-state index is 11.7. The van der Waals surface area contributed by atoms with Crippen molar-refractivity contribution in [1.29, 1.82) is 0 Å². The molecule has 0 saturated carbocycles. The van der Waals surface area contributed by atoms with E-state index in [2.05, 4.69) is 24.9 Å². The first-order valence-electron chi connectivity index (χ1n) is 10.9. The van der Waals surface area contributed by atoms with Gasteiger partial charge >= 0.3 is 5.97 Å². The monoisotopic (exact) mass is 401 g/mol. The molecule has 1 unspecified atom stereocenters. The number of aromatic nitrogens is 1. The van der Waals surface area contributed by atoms with Crippen molar-refractivity contribution in [3.05, 3.63) is 35.9 Å². The molecule has 1 N–H and O–H groups in total. The number of carboxylic acid groups (broad SMARTS) is 1. The van der Waals surface area contributed by atoms with E-state index in [1.54, 1.807) is 0 Å². The van der Waals surface area contributed by atoms with Crippen LogP contribution in [0, 0.1) is 6.92 Å². The fourth-order valence-corrected chi connectivity index (χ4v) is 4.46. The third-order valence-corrected chi connectivity index (χ3v) is 6.37. The Labute approximate surface area is 174 Å². The molecule has 0 radical (unpaired) electrons. The molecule has 0 aliphatic rings. The van der Waals surface area contributed by atoms with Gasteiger partial charge < -0.3 is 5.11 Å². The summed E-state index contributed by atoms with van der Waals surface area (Å²) in [7, 11) is 0. The Kier molecular flexibility index (Phi) is 10.4. The number of carbonyl (C=O) groups is 1. The Morgan fingerprint density at radius 3 is 2.25 bits per heavy atom. The van der Waals surface area contributed by atoms with Crippen LogP contribution in [0.2, 0.25) is 0 Å². The minimum Gasteiger partial charge on any atom is -0.480 e. The van der Waals surface area contributed by atoms with Gasteiger partial charge in [0.2, 0.25) is 0 Å². The SMILES string of the molecule is CCCCCCCCCCCCC(Sc1ccc2cc(C)ccc2n1)C(=O)O. The summed E-state index contributed by atoms with van der Waals surface area (Å²) in [5, 5.41) is 11.1. The first-order valence-corrected chi connectivity index (χ1v) is 11.7. The Morgan fingerprint density at radius 2 is 1.61 bits per heavy atom. The normalized spacial score (nSPS) is 12.4. The van der Waals surface area contributed by atoms with E-state index in [4.69, 9.17) is 0 Å². The zero-order valence-electron chi connectivity index (χ0n) is 17.5. The predicted molar refractivity (Wildman–Crippen MR) is 120 cm³/mol. The number of rotatable bonds is 14. The van der Waals surface area contributed by atoms with Crippen LogP contribution in [0.3, 0.4) is 0 Å². The number of thioether (sulfide) groups is 1. The molecule has 4 heteroatoms. The molecule has 0 amide bonds. The quantitative estimate of drug-likeness (QED) is 0.265. The molecule has 3 nitrogen and oxygen atoms in total. The molecule has 1 aromatic carbocycles. The standard InChI is InChI=1S/C24H35NO2S/c1-3-4-5-6-7-8-9-10-11-12-13-22(24(26)27)28-23-17-15-20-18-19(2)14-16-21(20)25-23/h14-18,22H,3-13H2,1-2H3,(H,26,27). The Balaban J connectivity index is 1.70. The minimum absolute atomic E-state index is 0.413. The summed E-state index contributed by atoms with van der Waals surface area (Å²) < 4.78 is 0. The van der Waals surface area contributed by atoms with Gasteiger partial charge in [0.15, 0.2) is 0 Å². The lowest BCUT2D eigenvalue weighted by molar-refractivity contribution is -0.136. The first kappa shape index (κ1) is 22.7. The van der Waals surface area contributed by atoms with Crippen LogP contribution in [0.15, 0.2) is 35.4 Å². The maximum Gasteiger partial charge on any atom is 0.317 e. The van der Waals surface area contributed by atoms with Gasteiger partial charge in [-0.05, 0) is 31.5 Å². The largest absolute Gasteiger partial charge is 0.480 e. The smallest absolute Gasteiger partial charge is 0.317 e. The molecule has 0 saturated heterocycles. The molecule has 0 aliphatic heterocycles. The number of aryl methyl sites for hydroxylation is 1.